The fourth-order valence-electron chi connectivity index (χ4n) is 7.92. The Kier molecular flexibility index (Phi) is 5.55. The van der Waals surface area contributed by atoms with Gasteiger partial charge in [-0.2, -0.15) is 0 Å². The van der Waals surface area contributed by atoms with Gasteiger partial charge in [0.05, 0.1) is 17.1 Å². The second-order valence-electron chi connectivity index (χ2n) is 11.9. The normalized spacial score (nSPS) is 34.2. The second-order valence-corrected chi connectivity index (χ2v) is 11.9. The lowest BCUT2D eigenvalue weighted by atomic mass is 9.46. The number of amides is 1. The first kappa shape index (κ1) is 24.6. The van der Waals surface area contributed by atoms with E-state index in [2.05, 4.69) is 4.90 Å². The number of carboxylic acids is 1. The van der Waals surface area contributed by atoms with Crippen LogP contribution < -0.4 is 0 Å². The molecule has 1 aromatic rings. The van der Waals surface area contributed by atoms with Crippen LogP contribution in [0.1, 0.15) is 56.6 Å². The fourth-order valence-corrected chi connectivity index (χ4v) is 7.92. The van der Waals surface area contributed by atoms with Gasteiger partial charge in [-0.05, 0) is 62.6 Å². The Balaban J connectivity index is 1.43. The molecule has 37 heavy (non-hydrogen) atoms. The number of fused-ring (bicyclic) bond motifs is 1. The molecule has 0 radical (unpaired) electrons. The molecule has 6 rings (SSSR count). The minimum absolute atomic E-state index is 0.0543. The molecule has 2 bridgehead atoms. The van der Waals surface area contributed by atoms with Crippen LogP contribution in [0.25, 0.3) is 0 Å². The van der Waals surface area contributed by atoms with E-state index in [1.54, 1.807) is 17.9 Å². The molecule has 3 fully saturated rings. The molecular weight excluding hydrogens is 476 g/mol. The van der Waals surface area contributed by atoms with Crippen LogP contribution >= 0.6 is 0 Å². The number of aliphatic carboxylic acids is 1. The zero-order valence-electron chi connectivity index (χ0n) is 21.2. The van der Waals surface area contributed by atoms with E-state index in [9.17, 15) is 35.1 Å². The molecule has 9 heteroatoms. The van der Waals surface area contributed by atoms with Crippen molar-refractivity contribution in [2.24, 2.45) is 17.8 Å². The van der Waals surface area contributed by atoms with Crippen LogP contribution in [0, 0.1) is 17.8 Å². The number of aliphatic hydroxyl groups is 2. The number of hydrogen-bond acceptors (Lipinski definition) is 7. The molecule has 1 amide bonds. The average molecular weight is 513 g/mol. The number of carbonyl (C=O) groups is 2. The number of benzene rings is 1. The van der Waals surface area contributed by atoms with Crippen LogP contribution in [0.2, 0.25) is 0 Å². The molecule has 2 heterocycles. The summed E-state index contributed by atoms with van der Waals surface area (Å²) in [5.74, 6) is -2.35. The standard InChI is InChI=1S/C28H36N2O7/c1-15-23(32)19(25(34)29-9-6-17(7-10-29)26(35)36)13-28(37)21-12-18-4-5-20(31)24(33)22(18)27(15,28)8-11-30(21)14-16-2-3-16/h4-5,15-17,21,31-33,37H,2-3,6-14H2,1H3,(H,35,36)/t15-,21+,27+,28+/m0/s1. The van der Waals surface area contributed by atoms with Crippen molar-refractivity contribution in [3.63, 3.8) is 0 Å². The molecule has 4 atom stereocenters. The summed E-state index contributed by atoms with van der Waals surface area (Å²) in [7, 11) is 0. The van der Waals surface area contributed by atoms with E-state index in [0.29, 0.717) is 56.8 Å². The predicted molar refractivity (Wildman–Crippen MR) is 133 cm³/mol. The first-order valence-electron chi connectivity index (χ1n) is 13.5. The number of carboxylic acid groups (broad SMARTS) is 1. The van der Waals surface area contributed by atoms with Gasteiger partial charge in [0.1, 0.15) is 5.76 Å². The van der Waals surface area contributed by atoms with E-state index in [1.807, 2.05) is 0 Å². The first-order valence-corrected chi connectivity index (χ1v) is 13.5. The fraction of sp³-hybridized carbons (Fsp3) is 0.643. The largest absolute Gasteiger partial charge is 0.512 e. The summed E-state index contributed by atoms with van der Waals surface area (Å²) in [5.41, 5.74) is -0.964. The van der Waals surface area contributed by atoms with Crippen LogP contribution in [0.15, 0.2) is 23.5 Å². The van der Waals surface area contributed by atoms with Crippen molar-refractivity contribution < 1.29 is 35.1 Å². The summed E-state index contributed by atoms with van der Waals surface area (Å²) in [6, 6.07) is 2.99. The van der Waals surface area contributed by atoms with E-state index in [0.717, 1.165) is 12.1 Å². The van der Waals surface area contributed by atoms with Gasteiger partial charge in [0.2, 0.25) is 0 Å². The van der Waals surface area contributed by atoms with E-state index in [4.69, 9.17) is 0 Å². The summed E-state index contributed by atoms with van der Waals surface area (Å²) < 4.78 is 0. The summed E-state index contributed by atoms with van der Waals surface area (Å²) in [4.78, 5) is 29.0. The second kappa shape index (κ2) is 8.36. The number of phenolic OH excluding ortho intramolecular Hbond substituents is 2. The van der Waals surface area contributed by atoms with E-state index in [-0.39, 0.29) is 41.2 Å². The lowest BCUT2D eigenvalue weighted by Gasteiger charge is -2.65. The van der Waals surface area contributed by atoms with Crippen molar-refractivity contribution >= 4 is 11.9 Å². The molecule has 2 aliphatic heterocycles. The smallest absolute Gasteiger partial charge is 0.306 e. The van der Waals surface area contributed by atoms with E-state index >= 15 is 0 Å². The zero-order valence-corrected chi connectivity index (χ0v) is 21.2. The molecule has 9 nitrogen and oxygen atoms in total. The van der Waals surface area contributed by atoms with Crippen LogP contribution in [0.4, 0.5) is 0 Å². The molecule has 200 valence electrons. The van der Waals surface area contributed by atoms with Gasteiger partial charge in [-0.1, -0.05) is 13.0 Å². The summed E-state index contributed by atoms with van der Waals surface area (Å²) in [6.07, 6.45) is 3.96. The molecule has 2 saturated heterocycles. The maximum absolute atomic E-state index is 13.7. The molecule has 3 aliphatic carbocycles. The van der Waals surface area contributed by atoms with Gasteiger partial charge in [-0.3, -0.25) is 14.5 Å². The Bertz CT molecular complexity index is 1190. The monoisotopic (exact) mass is 512 g/mol. The highest BCUT2D eigenvalue weighted by atomic mass is 16.4. The van der Waals surface area contributed by atoms with E-state index in [1.165, 1.54) is 18.9 Å². The van der Waals surface area contributed by atoms with Crippen molar-refractivity contribution in [3.05, 3.63) is 34.6 Å². The number of carbonyl (C=O) groups excluding carboxylic acids is 1. The number of hydrogen-bond donors (Lipinski definition) is 5. The van der Waals surface area contributed by atoms with Gasteiger partial charge in [0.15, 0.2) is 11.5 Å². The number of phenols is 2. The molecule has 1 aromatic carbocycles. The third-order valence-corrected chi connectivity index (χ3v) is 10.1. The summed E-state index contributed by atoms with van der Waals surface area (Å²) in [6.45, 7) is 3.95. The van der Waals surface area contributed by atoms with Crippen molar-refractivity contribution in [1.29, 1.82) is 0 Å². The number of piperidine rings is 2. The third kappa shape index (κ3) is 3.43. The van der Waals surface area contributed by atoms with Gasteiger partial charge >= 0.3 is 5.97 Å². The van der Waals surface area contributed by atoms with Gasteiger partial charge in [0.25, 0.3) is 5.91 Å². The molecule has 5 N–H and O–H groups in total. The highest BCUT2D eigenvalue weighted by molar-refractivity contribution is 5.95. The zero-order chi connectivity index (χ0) is 26.3. The number of likely N-dealkylation sites (tertiary alicyclic amines) is 2. The summed E-state index contributed by atoms with van der Waals surface area (Å²) >= 11 is 0. The lowest BCUT2D eigenvalue weighted by Crippen LogP contribution is -2.75. The van der Waals surface area contributed by atoms with Gasteiger partial charge < -0.3 is 30.4 Å². The molecule has 0 spiro atoms. The van der Waals surface area contributed by atoms with Crippen LogP contribution in [-0.4, -0.2) is 85.0 Å². The highest BCUT2D eigenvalue weighted by Crippen LogP contribution is 2.64. The molecule has 5 aliphatic rings. The van der Waals surface area contributed by atoms with Crippen LogP contribution in [0.3, 0.4) is 0 Å². The highest BCUT2D eigenvalue weighted by Gasteiger charge is 2.69. The maximum Gasteiger partial charge on any atom is 0.306 e. The van der Waals surface area contributed by atoms with Crippen LogP contribution in [-0.2, 0) is 21.4 Å². The van der Waals surface area contributed by atoms with Crippen molar-refractivity contribution in [3.8, 4) is 11.5 Å². The Morgan fingerprint density at radius 2 is 1.76 bits per heavy atom. The molecule has 0 unspecified atom stereocenters. The Morgan fingerprint density at radius 3 is 2.41 bits per heavy atom. The Morgan fingerprint density at radius 1 is 1.05 bits per heavy atom. The summed E-state index contributed by atoms with van der Waals surface area (Å²) in [5, 5.41) is 55.1. The number of aromatic hydroxyl groups is 2. The third-order valence-electron chi connectivity index (χ3n) is 10.1. The van der Waals surface area contributed by atoms with Crippen molar-refractivity contribution in [2.75, 3.05) is 26.2 Å². The number of rotatable bonds is 4. The predicted octanol–water partition coefficient (Wildman–Crippen LogP) is 2.28. The Labute approximate surface area is 216 Å². The maximum atomic E-state index is 13.7. The number of aliphatic hydroxyl groups excluding tert-OH is 1. The lowest BCUT2D eigenvalue weighted by molar-refractivity contribution is -0.172. The number of allylic oxidation sites excluding steroid dienone is 1. The Hall–Kier alpha value is -2.78. The van der Waals surface area contributed by atoms with Gasteiger partial charge in [-0.25, -0.2) is 0 Å². The van der Waals surface area contributed by atoms with Crippen molar-refractivity contribution in [2.45, 2.75) is 68.9 Å². The first-order chi connectivity index (χ1) is 17.6. The average Bonchev–Trinajstić information content (AvgIpc) is 3.69. The van der Waals surface area contributed by atoms with Gasteiger partial charge in [0, 0.05) is 49.0 Å². The topological polar surface area (TPSA) is 142 Å². The quantitative estimate of drug-likeness (QED) is 0.387. The SMILES string of the molecule is C[C@H]1C(O)=C(C(=O)N2CCC(C(=O)O)CC2)C[C@@]2(O)[C@H]3Cc4ccc(O)c(O)c4[C@@]12CCN3CC1CC1. The number of nitrogens with zero attached hydrogens (tertiary/aromatic N) is 2. The molecule has 0 aromatic heterocycles. The molecular formula is C28H36N2O7. The molecule has 1 saturated carbocycles. The minimum Gasteiger partial charge on any atom is -0.512 e. The van der Waals surface area contributed by atoms with Crippen LogP contribution in [0.5, 0.6) is 11.5 Å². The van der Waals surface area contributed by atoms with E-state index < -0.39 is 28.8 Å². The van der Waals surface area contributed by atoms with Gasteiger partial charge in [-0.15, -0.1) is 0 Å². The van der Waals surface area contributed by atoms with Crippen molar-refractivity contribution in [1.82, 2.24) is 9.80 Å². The minimum atomic E-state index is -1.44.